The summed E-state index contributed by atoms with van der Waals surface area (Å²) in [7, 11) is 0. The van der Waals surface area contributed by atoms with Gasteiger partial charge in [-0.3, -0.25) is 10.1 Å². The first-order valence-corrected chi connectivity index (χ1v) is 5.14. The number of nitrogens with zero attached hydrogens (tertiary/aromatic N) is 2. The maximum atomic E-state index is 12.1. The van der Waals surface area contributed by atoms with Gasteiger partial charge in [-0.25, -0.2) is 4.98 Å². The van der Waals surface area contributed by atoms with Crippen LogP contribution < -0.4 is 4.74 Å². The molecule has 2 rings (SSSR count). The van der Waals surface area contributed by atoms with Crippen LogP contribution in [0.1, 0.15) is 0 Å². The minimum absolute atomic E-state index is 0.0117. The fourth-order valence-electron chi connectivity index (χ4n) is 1.45. The number of benzene rings is 1. The third-order valence-electron chi connectivity index (χ3n) is 2.19. The number of rotatable bonds is 2. The van der Waals surface area contributed by atoms with Crippen molar-refractivity contribution >= 4 is 28.2 Å². The second-order valence-corrected chi connectivity index (χ2v) is 3.82. The van der Waals surface area contributed by atoms with Crippen molar-refractivity contribution in [3.63, 3.8) is 0 Å². The van der Waals surface area contributed by atoms with E-state index in [9.17, 15) is 23.3 Å². The van der Waals surface area contributed by atoms with Crippen molar-refractivity contribution in [1.29, 1.82) is 0 Å². The first kappa shape index (κ1) is 13.3. The van der Waals surface area contributed by atoms with Gasteiger partial charge in [0, 0.05) is 5.39 Å². The molecule has 19 heavy (non-hydrogen) atoms. The SMILES string of the molecule is O=[N+]([O-])c1cnc2ccc(OC(F)(F)F)cc2c1Cl. The molecule has 0 atom stereocenters. The van der Waals surface area contributed by atoms with Crippen molar-refractivity contribution in [1.82, 2.24) is 4.98 Å². The summed E-state index contributed by atoms with van der Waals surface area (Å²) in [4.78, 5) is 13.6. The van der Waals surface area contributed by atoms with Crippen molar-refractivity contribution in [2.75, 3.05) is 0 Å². The van der Waals surface area contributed by atoms with Crippen LogP contribution >= 0.6 is 11.6 Å². The molecule has 0 unspecified atom stereocenters. The largest absolute Gasteiger partial charge is 0.573 e. The molecular weight excluding hydrogens is 289 g/mol. The van der Waals surface area contributed by atoms with Crippen LogP contribution in [-0.2, 0) is 0 Å². The van der Waals surface area contributed by atoms with Crippen LogP contribution in [0.2, 0.25) is 5.02 Å². The Labute approximate surface area is 108 Å². The van der Waals surface area contributed by atoms with Crippen molar-refractivity contribution < 1.29 is 22.8 Å². The summed E-state index contributed by atoms with van der Waals surface area (Å²) in [5.74, 6) is -0.524. The predicted molar refractivity (Wildman–Crippen MR) is 60.1 cm³/mol. The number of hydrogen-bond donors (Lipinski definition) is 0. The van der Waals surface area contributed by atoms with Crippen LogP contribution in [0.25, 0.3) is 10.9 Å². The quantitative estimate of drug-likeness (QED) is 0.625. The molecule has 1 heterocycles. The summed E-state index contributed by atoms with van der Waals surface area (Å²) in [6, 6.07) is 3.22. The highest BCUT2D eigenvalue weighted by atomic mass is 35.5. The molecule has 5 nitrogen and oxygen atoms in total. The summed E-state index contributed by atoms with van der Waals surface area (Å²) in [5, 5.41) is 10.4. The van der Waals surface area contributed by atoms with Gasteiger partial charge in [0.05, 0.1) is 10.4 Å². The topological polar surface area (TPSA) is 65.3 Å². The van der Waals surface area contributed by atoms with Gasteiger partial charge in [-0.1, -0.05) is 11.6 Å². The summed E-state index contributed by atoms with van der Waals surface area (Å²) >= 11 is 5.76. The predicted octanol–water partition coefficient (Wildman–Crippen LogP) is 3.70. The number of alkyl halides is 3. The Morgan fingerprint density at radius 3 is 2.63 bits per heavy atom. The lowest BCUT2D eigenvalue weighted by Gasteiger charge is -2.09. The molecule has 0 aliphatic rings. The molecule has 0 aliphatic carbocycles. The van der Waals surface area contributed by atoms with E-state index in [0.717, 1.165) is 18.3 Å². The fourth-order valence-corrected chi connectivity index (χ4v) is 1.72. The molecule has 0 N–H and O–H groups in total. The lowest BCUT2D eigenvalue weighted by Crippen LogP contribution is -2.17. The number of fused-ring (bicyclic) bond motifs is 1. The zero-order chi connectivity index (χ0) is 14.2. The highest BCUT2D eigenvalue weighted by molar-refractivity contribution is 6.37. The first-order chi connectivity index (χ1) is 8.78. The highest BCUT2D eigenvalue weighted by Gasteiger charge is 2.31. The van der Waals surface area contributed by atoms with E-state index in [2.05, 4.69) is 9.72 Å². The van der Waals surface area contributed by atoms with Crippen LogP contribution in [-0.4, -0.2) is 16.3 Å². The molecule has 2 aromatic rings. The molecule has 1 aromatic heterocycles. The third kappa shape index (κ3) is 2.84. The van der Waals surface area contributed by atoms with Crippen LogP contribution in [0, 0.1) is 10.1 Å². The molecule has 100 valence electrons. The van der Waals surface area contributed by atoms with E-state index in [1.54, 1.807) is 0 Å². The fraction of sp³-hybridized carbons (Fsp3) is 0.100. The van der Waals surface area contributed by atoms with E-state index in [-0.39, 0.29) is 15.9 Å². The van der Waals surface area contributed by atoms with Crippen molar-refractivity contribution in [3.8, 4) is 5.75 Å². The number of nitro groups is 1. The lowest BCUT2D eigenvalue weighted by molar-refractivity contribution is -0.384. The Hall–Kier alpha value is -2.09. The molecule has 0 aliphatic heterocycles. The number of halogens is 4. The summed E-state index contributed by atoms with van der Waals surface area (Å²) in [6.07, 6.45) is -3.91. The summed E-state index contributed by atoms with van der Waals surface area (Å²) in [5.41, 5.74) is -0.261. The molecule has 0 spiro atoms. The van der Waals surface area contributed by atoms with Gasteiger partial charge < -0.3 is 4.74 Å². The number of aromatic nitrogens is 1. The van der Waals surface area contributed by atoms with Crippen LogP contribution in [0.5, 0.6) is 5.75 Å². The Kier molecular flexibility index (Phi) is 3.19. The second kappa shape index (κ2) is 4.54. The Morgan fingerprint density at radius 2 is 2.05 bits per heavy atom. The number of pyridine rings is 1. The monoisotopic (exact) mass is 292 g/mol. The van der Waals surface area contributed by atoms with E-state index < -0.39 is 22.7 Å². The van der Waals surface area contributed by atoms with Gasteiger partial charge in [0.15, 0.2) is 0 Å². The van der Waals surface area contributed by atoms with Crippen molar-refractivity contribution in [2.45, 2.75) is 6.36 Å². The van der Waals surface area contributed by atoms with Crippen LogP contribution in [0.4, 0.5) is 18.9 Å². The molecule has 0 fully saturated rings. The molecule has 0 saturated carbocycles. The Morgan fingerprint density at radius 1 is 1.37 bits per heavy atom. The molecule has 9 heteroatoms. The Balaban J connectivity index is 2.57. The normalized spacial score (nSPS) is 11.6. The second-order valence-electron chi connectivity index (χ2n) is 3.44. The van der Waals surface area contributed by atoms with E-state index >= 15 is 0 Å². The third-order valence-corrected chi connectivity index (χ3v) is 2.58. The Bertz CT molecular complexity index is 660. The standard InChI is InChI=1S/C10H4ClF3N2O3/c11-9-6-3-5(19-10(12,13)14)1-2-7(6)15-4-8(9)16(17)18/h1-4H. The maximum absolute atomic E-state index is 12.1. The van der Waals surface area contributed by atoms with Crippen LogP contribution in [0.15, 0.2) is 24.4 Å². The smallest absolute Gasteiger partial charge is 0.406 e. The van der Waals surface area contributed by atoms with Crippen LogP contribution in [0.3, 0.4) is 0 Å². The lowest BCUT2D eigenvalue weighted by atomic mass is 10.2. The average Bonchev–Trinajstić information content (AvgIpc) is 2.27. The molecule has 0 saturated heterocycles. The van der Waals surface area contributed by atoms with Crippen molar-refractivity contribution in [2.24, 2.45) is 0 Å². The minimum atomic E-state index is -4.85. The zero-order valence-corrected chi connectivity index (χ0v) is 9.70. The van der Waals surface area contributed by atoms with E-state index in [0.29, 0.717) is 0 Å². The molecule has 0 radical (unpaired) electrons. The van der Waals surface area contributed by atoms with Crippen molar-refractivity contribution in [3.05, 3.63) is 39.5 Å². The van der Waals surface area contributed by atoms with Gasteiger partial charge >= 0.3 is 12.0 Å². The molecular formula is C10H4ClF3N2O3. The van der Waals surface area contributed by atoms with Gasteiger partial charge in [-0.05, 0) is 18.2 Å². The molecule has 0 amide bonds. The summed E-state index contributed by atoms with van der Waals surface area (Å²) < 4.78 is 39.9. The average molecular weight is 293 g/mol. The number of hydrogen-bond acceptors (Lipinski definition) is 4. The maximum Gasteiger partial charge on any atom is 0.573 e. The molecule has 1 aromatic carbocycles. The van der Waals surface area contributed by atoms with Gasteiger partial charge in [0.25, 0.3) is 0 Å². The van der Waals surface area contributed by atoms with Gasteiger partial charge in [-0.2, -0.15) is 0 Å². The van der Waals surface area contributed by atoms with E-state index in [1.807, 2.05) is 0 Å². The van der Waals surface area contributed by atoms with E-state index in [4.69, 9.17) is 11.6 Å². The van der Waals surface area contributed by atoms with Gasteiger partial charge in [0.1, 0.15) is 17.0 Å². The van der Waals surface area contributed by atoms with Gasteiger partial charge in [0.2, 0.25) is 0 Å². The number of ether oxygens (including phenoxy) is 1. The minimum Gasteiger partial charge on any atom is -0.406 e. The molecule has 0 bridgehead atoms. The highest BCUT2D eigenvalue weighted by Crippen LogP contribution is 2.34. The first-order valence-electron chi connectivity index (χ1n) is 4.76. The van der Waals surface area contributed by atoms with E-state index in [1.165, 1.54) is 6.07 Å². The van der Waals surface area contributed by atoms with Gasteiger partial charge in [-0.15, -0.1) is 13.2 Å². The summed E-state index contributed by atoms with van der Waals surface area (Å²) in [6.45, 7) is 0. The zero-order valence-electron chi connectivity index (χ0n) is 8.94.